The molecule has 1 fully saturated rings. The third-order valence-electron chi connectivity index (χ3n) is 5.01. The third kappa shape index (κ3) is 7.10. The molecule has 1 aromatic carbocycles. The normalized spacial score (nSPS) is 21.4. The fourth-order valence-corrected chi connectivity index (χ4v) is 4.46. The summed E-state index contributed by atoms with van der Waals surface area (Å²) in [6, 6.07) is 7.99. The maximum absolute atomic E-state index is 12.1. The van der Waals surface area contributed by atoms with Crippen LogP contribution in [0.15, 0.2) is 24.3 Å². The minimum Gasteiger partial charge on any atom is -0.446 e. The summed E-state index contributed by atoms with van der Waals surface area (Å²) in [5.41, 5.74) is 2.07. The lowest BCUT2D eigenvalue weighted by Crippen LogP contribution is -2.29. The molecule has 0 saturated heterocycles. The monoisotopic (exact) mass is 379 g/mol. The Labute approximate surface area is 160 Å². The number of hydrogen-bond acceptors (Lipinski definition) is 3. The van der Waals surface area contributed by atoms with E-state index in [2.05, 4.69) is 24.4 Å². The van der Waals surface area contributed by atoms with Crippen LogP contribution in [0.3, 0.4) is 0 Å². The molecule has 0 aliphatic heterocycles. The van der Waals surface area contributed by atoms with Crippen molar-refractivity contribution in [3.05, 3.63) is 29.8 Å². The standard InChI is InChI=1S/C21H33NO3S/c1-4-5-6-17-7-11-19(12-8-17)22-21(23)25-20-13-9-18(10-14-20)15-26(24)16(2)3/h7-8,11-12,16,18,20H,4-6,9-10,13-15H2,1-3H3,(H,22,23). The molecule has 146 valence electrons. The van der Waals surface area contributed by atoms with Gasteiger partial charge in [0.25, 0.3) is 0 Å². The molecule has 1 amide bonds. The Morgan fingerprint density at radius 1 is 1.19 bits per heavy atom. The molecular formula is C21H33NO3S. The lowest BCUT2D eigenvalue weighted by molar-refractivity contribution is 0.0769. The lowest BCUT2D eigenvalue weighted by atomic mass is 9.89. The molecule has 0 bridgehead atoms. The molecule has 4 nitrogen and oxygen atoms in total. The number of rotatable bonds is 8. The number of benzene rings is 1. The molecular weight excluding hydrogens is 346 g/mol. The third-order valence-corrected chi connectivity index (χ3v) is 6.86. The van der Waals surface area contributed by atoms with E-state index in [1.165, 1.54) is 18.4 Å². The van der Waals surface area contributed by atoms with Gasteiger partial charge in [0.2, 0.25) is 0 Å². The van der Waals surface area contributed by atoms with Crippen molar-refractivity contribution in [3.8, 4) is 0 Å². The predicted octanol–water partition coefficient (Wildman–Crippen LogP) is 5.29. The average Bonchev–Trinajstić information content (AvgIpc) is 2.62. The maximum Gasteiger partial charge on any atom is 0.411 e. The number of nitrogens with one attached hydrogen (secondary N) is 1. The molecule has 0 heterocycles. The van der Waals surface area contributed by atoms with Gasteiger partial charge in [-0.1, -0.05) is 39.3 Å². The maximum atomic E-state index is 12.1. The molecule has 1 N–H and O–H groups in total. The van der Waals surface area contributed by atoms with Crippen molar-refractivity contribution in [2.75, 3.05) is 11.1 Å². The van der Waals surface area contributed by atoms with Gasteiger partial charge in [-0.05, 0) is 62.1 Å². The van der Waals surface area contributed by atoms with E-state index in [4.69, 9.17) is 4.74 Å². The molecule has 26 heavy (non-hydrogen) atoms. The Kier molecular flexibility index (Phi) is 8.63. The zero-order chi connectivity index (χ0) is 18.9. The molecule has 1 unspecified atom stereocenters. The summed E-state index contributed by atoms with van der Waals surface area (Å²) in [5.74, 6) is 1.28. The van der Waals surface area contributed by atoms with Crippen molar-refractivity contribution in [1.82, 2.24) is 0 Å². The van der Waals surface area contributed by atoms with Crippen LogP contribution in [0, 0.1) is 5.92 Å². The fraction of sp³-hybridized carbons (Fsp3) is 0.667. The number of hydrogen-bond donors (Lipinski definition) is 1. The van der Waals surface area contributed by atoms with Crippen LogP contribution in [-0.2, 0) is 22.0 Å². The molecule has 1 saturated carbocycles. The first kappa shape index (κ1) is 20.9. The number of carbonyl (C=O) groups excluding carboxylic acids is 1. The molecule has 1 aliphatic rings. The van der Waals surface area contributed by atoms with E-state index in [1.54, 1.807) is 0 Å². The van der Waals surface area contributed by atoms with Gasteiger partial charge in [0, 0.05) is 27.5 Å². The van der Waals surface area contributed by atoms with Crippen LogP contribution < -0.4 is 5.32 Å². The molecule has 2 rings (SSSR count). The first-order chi connectivity index (χ1) is 12.5. The Bertz CT molecular complexity index is 577. The summed E-state index contributed by atoms with van der Waals surface area (Å²) in [6.45, 7) is 6.19. The topological polar surface area (TPSA) is 55.4 Å². The number of carbonyl (C=O) groups is 1. The van der Waals surface area contributed by atoms with Crippen molar-refractivity contribution in [2.45, 2.75) is 77.1 Å². The lowest BCUT2D eigenvalue weighted by Gasteiger charge is -2.28. The Morgan fingerprint density at radius 2 is 1.85 bits per heavy atom. The summed E-state index contributed by atoms with van der Waals surface area (Å²) in [5, 5.41) is 3.05. The van der Waals surface area contributed by atoms with Crippen LogP contribution in [0.1, 0.15) is 64.9 Å². The van der Waals surface area contributed by atoms with Gasteiger partial charge in [-0.25, -0.2) is 4.79 Å². The van der Waals surface area contributed by atoms with Gasteiger partial charge in [-0.15, -0.1) is 0 Å². The van der Waals surface area contributed by atoms with Gasteiger partial charge in [0.1, 0.15) is 6.10 Å². The number of amides is 1. The van der Waals surface area contributed by atoms with Gasteiger partial charge in [-0.2, -0.15) is 0 Å². The van der Waals surface area contributed by atoms with E-state index in [0.717, 1.165) is 43.5 Å². The Balaban J connectivity index is 1.71. The molecule has 0 radical (unpaired) electrons. The van der Waals surface area contributed by atoms with Crippen molar-refractivity contribution in [1.29, 1.82) is 0 Å². The predicted molar refractivity (Wildman–Crippen MR) is 109 cm³/mol. The number of aryl methyl sites for hydroxylation is 1. The van der Waals surface area contributed by atoms with Gasteiger partial charge in [0.05, 0.1) is 0 Å². The van der Waals surface area contributed by atoms with E-state index in [9.17, 15) is 9.00 Å². The van der Waals surface area contributed by atoms with E-state index in [-0.39, 0.29) is 17.4 Å². The second-order valence-electron chi connectivity index (χ2n) is 7.57. The molecule has 1 atom stereocenters. The average molecular weight is 380 g/mol. The molecule has 5 heteroatoms. The zero-order valence-corrected chi connectivity index (χ0v) is 17.1. The molecule has 1 aromatic rings. The van der Waals surface area contributed by atoms with E-state index >= 15 is 0 Å². The molecule has 0 aromatic heterocycles. The first-order valence-electron chi connectivity index (χ1n) is 9.91. The van der Waals surface area contributed by atoms with Crippen molar-refractivity contribution < 1.29 is 13.7 Å². The minimum absolute atomic E-state index is 0.0254. The number of anilines is 1. The Morgan fingerprint density at radius 3 is 2.42 bits per heavy atom. The van der Waals surface area contributed by atoms with Gasteiger partial charge in [0.15, 0.2) is 0 Å². The summed E-state index contributed by atoms with van der Waals surface area (Å²) in [6.07, 6.45) is 6.75. The van der Waals surface area contributed by atoms with Crippen molar-refractivity contribution in [3.63, 3.8) is 0 Å². The van der Waals surface area contributed by atoms with Gasteiger partial charge in [-0.3, -0.25) is 9.53 Å². The van der Waals surface area contributed by atoms with Gasteiger partial charge >= 0.3 is 6.09 Å². The second-order valence-corrected chi connectivity index (χ2v) is 9.61. The van der Waals surface area contributed by atoms with E-state index in [1.807, 2.05) is 26.0 Å². The van der Waals surface area contributed by atoms with Crippen LogP contribution in [0.4, 0.5) is 10.5 Å². The summed E-state index contributed by atoms with van der Waals surface area (Å²) in [7, 11) is -0.742. The van der Waals surface area contributed by atoms with E-state index < -0.39 is 10.8 Å². The highest BCUT2D eigenvalue weighted by molar-refractivity contribution is 7.85. The largest absolute Gasteiger partial charge is 0.446 e. The summed E-state index contributed by atoms with van der Waals surface area (Å²) >= 11 is 0. The van der Waals surface area contributed by atoms with Gasteiger partial charge < -0.3 is 4.74 Å². The number of unbranched alkanes of at least 4 members (excludes halogenated alkanes) is 1. The van der Waals surface area contributed by atoms with Crippen molar-refractivity contribution in [2.24, 2.45) is 5.92 Å². The quantitative estimate of drug-likeness (QED) is 0.667. The second kappa shape index (κ2) is 10.7. The van der Waals surface area contributed by atoms with Crippen molar-refractivity contribution >= 4 is 22.6 Å². The van der Waals surface area contributed by atoms with Crippen LogP contribution in [0.5, 0.6) is 0 Å². The Hall–Kier alpha value is -1.36. The van der Waals surface area contributed by atoms with Crippen LogP contribution in [-0.4, -0.2) is 27.4 Å². The smallest absolute Gasteiger partial charge is 0.411 e. The molecule has 1 aliphatic carbocycles. The number of ether oxygens (including phenoxy) is 1. The SMILES string of the molecule is CCCCc1ccc(NC(=O)OC2CCC(CS(=O)C(C)C)CC2)cc1. The van der Waals surface area contributed by atoms with E-state index in [0.29, 0.717) is 5.92 Å². The zero-order valence-electron chi connectivity index (χ0n) is 16.3. The minimum atomic E-state index is -0.742. The summed E-state index contributed by atoms with van der Waals surface area (Å²) < 4.78 is 17.5. The van der Waals surface area contributed by atoms with Crippen LogP contribution in [0.2, 0.25) is 0 Å². The highest BCUT2D eigenvalue weighted by atomic mass is 32.2. The van der Waals surface area contributed by atoms with Crippen LogP contribution >= 0.6 is 0 Å². The van der Waals surface area contributed by atoms with Crippen LogP contribution in [0.25, 0.3) is 0 Å². The molecule has 0 spiro atoms. The summed E-state index contributed by atoms with van der Waals surface area (Å²) in [4.78, 5) is 12.1. The highest BCUT2D eigenvalue weighted by Crippen LogP contribution is 2.27. The fourth-order valence-electron chi connectivity index (χ4n) is 3.28. The highest BCUT2D eigenvalue weighted by Gasteiger charge is 2.25. The first-order valence-corrected chi connectivity index (χ1v) is 11.3.